The molecule has 142 valence electrons. The molecule has 4 rings (SSSR count). The largest absolute Gasteiger partial charge is 0.437 e. The van der Waals surface area contributed by atoms with Crippen LogP contribution in [0.1, 0.15) is 22.3 Å². The number of carbonyl (C=O) groups is 1. The number of carbonyl (C=O) groups excluding carboxylic acids is 1. The van der Waals surface area contributed by atoms with Gasteiger partial charge in [-0.1, -0.05) is 40.9 Å². The van der Waals surface area contributed by atoms with E-state index in [9.17, 15) is 4.79 Å². The molecule has 7 heteroatoms. The Balaban J connectivity index is 1.70. The fourth-order valence-corrected chi connectivity index (χ4v) is 3.68. The van der Waals surface area contributed by atoms with Crippen LogP contribution in [-0.4, -0.2) is 17.4 Å². The number of ether oxygens (including phenoxy) is 1. The van der Waals surface area contributed by atoms with Gasteiger partial charge in [0, 0.05) is 34.5 Å². The Morgan fingerprint density at radius 2 is 1.82 bits per heavy atom. The molecular weight excluding hydrogens is 419 g/mol. The Hall–Kier alpha value is -2.27. The number of nitrogens with zero attached hydrogens (tertiary/aromatic N) is 2. The summed E-state index contributed by atoms with van der Waals surface area (Å²) in [5.41, 5.74) is 2.25. The van der Waals surface area contributed by atoms with E-state index in [1.54, 1.807) is 41.4 Å². The highest BCUT2D eigenvalue weighted by Gasteiger charge is 2.27. The fraction of sp³-hybridized carbons (Fsp3) is 0.143. The van der Waals surface area contributed by atoms with Crippen LogP contribution in [0, 0.1) is 0 Å². The number of pyridine rings is 1. The SMILES string of the molecule is O=C(c1cccnc1Oc1cc(Cl)ccc1Cl)N1CCCc2ccc(Cl)cc21. The molecule has 0 radical (unpaired) electrons. The third-order valence-electron chi connectivity index (χ3n) is 4.51. The average molecular weight is 434 g/mol. The minimum absolute atomic E-state index is 0.172. The minimum Gasteiger partial charge on any atom is -0.437 e. The number of aryl methyl sites for hydroxylation is 1. The molecule has 0 bridgehead atoms. The number of aromatic nitrogens is 1. The Bertz CT molecular complexity index is 1060. The van der Waals surface area contributed by atoms with Crippen molar-refractivity contribution in [2.24, 2.45) is 0 Å². The van der Waals surface area contributed by atoms with Gasteiger partial charge in [0.2, 0.25) is 5.88 Å². The topological polar surface area (TPSA) is 42.4 Å². The maximum Gasteiger partial charge on any atom is 0.263 e. The van der Waals surface area contributed by atoms with Crippen molar-refractivity contribution in [3.8, 4) is 11.6 Å². The zero-order valence-electron chi connectivity index (χ0n) is 14.7. The molecule has 0 aliphatic carbocycles. The summed E-state index contributed by atoms with van der Waals surface area (Å²) in [5, 5.41) is 1.44. The van der Waals surface area contributed by atoms with Crippen LogP contribution in [0.15, 0.2) is 54.7 Å². The van der Waals surface area contributed by atoms with Crippen LogP contribution in [0.3, 0.4) is 0 Å². The highest BCUT2D eigenvalue weighted by atomic mass is 35.5. The Morgan fingerprint density at radius 3 is 2.68 bits per heavy atom. The molecule has 0 N–H and O–H groups in total. The van der Waals surface area contributed by atoms with E-state index < -0.39 is 0 Å². The molecule has 3 aromatic rings. The molecule has 2 heterocycles. The highest BCUT2D eigenvalue weighted by Crippen LogP contribution is 2.35. The van der Waals surface area contributed by atoms with E-state index in [4.69, 9.17) is 39.5 Å². The Kier molecular flexibility index (Phi) is 5.44. The maximum atomic E-state index is 13.3. The average Bonchev–Trinajstić information content (AvgIpc) is 2.70. The van der Waals surface area contributed by atoms with Crippen molar-refractivity contribution in [3.05, 3.63) is 80.9 Å². The number of halogens is 3. The lowest BCUT2D eigenvalue weighted by atomic mass is 10.0. The number of hydrogen-bond donors (Lipinski definition) is 0. The summed E-state index contributed by atoms with van der Waals surface area (Å²) in [6.07, 6.45) is 3.34. The second kappa shape index (κ2) is 8.00. The van der Waals surface area contributed by atoms with E-state index in [1.807, 2.05) is 18.2 Å². The quantitative estimate of drug-likeness (QED) is 0.478. The van der Waals surface area contributed by atoms with Gasteiger partial charge < -0.3 is 9.64 Å². The molecule has 1 amide bonds. The first-order chi connectivity index (χ1) is 13.5. The van der Waals surface area contributed by atoms with Crippen LogP contribution in [0.5, 0.6) is 11.6 Å². The molecule has 1 aliphatic heterocycles. The van der Waals surface area contributed by atoms with Crippen LogP contribution < -0.4 is 9.64 Å². The van der Waals surface area contributed by atoms with Crippen LogP contribution in [0.2, 0.25) is 15.1 Å². The van der Waals surface area contributed by atoms with Crippen molar-refractivity contribution in [2.75, 3.05) is 11.4 Å². The van der Waals surface area contributed by atoms with Gasteiger partial charge in [0.15, 0.2) is 0 Å². The van der Waals surface area contributed by atoms with Crippen molar-refractivity contribution in [1.82, 2.24) is 4.98 Å². The first-order valence-electron chi connectivity index (χ1n) is 8.71. The fourth-order valence-electron chi connectivity index (χ4n) is 3.20. The Morgan fingerprint density at radius 1 is 1.04 bits per heavy atom. The number of hydrogen-bond acceptors (Lipinski definition) is 3. The van der Waals surface area contributed by atoms with Gasteiger partial charge in [0.05, 0.1) is 5.02 Å². The number of anilines is 1. The second-order valence-corrected chi connectivity index (χ2v) is 7.65. The molecule has 4 nitrogen and oxygen atoms in total. The molecule has 0 atom stereocenters. The summed E-state index contributed by atoms with van der Waals surface area (Å²) < 4.78 is 5.84. The lowest BCUT2D eigenvalue weighted by molar-refractivity contribution is 0.0982. The molecule has 0 fully saturated rings. The van der Waals surface area contributed by atoms with E-state index in [0.29, 0.717) is 32.9 Å². The van der Waals surface area contributed by atoms with E-state index in [-0.39, 0.29) is 11.8 Å². The van der Waals surface area contributed by atoms with E-state index in [1.165, 1.54) is 0 Å². The normalized spacial score (nSPS) is 13.2. The van der Waals surface area contributed by atoms with E-state index in [0.717, 1.165) is 24.1 Å². The van der Waals surface area contributed by atoms with Crippen LogP contribution in [0.25, 0.3) is 0 Å². The van der Waals surface area contributed by atoms with Gasteiger partial charge in [0.1, 0.15) is 11.3 Å². The van der Waals surface area contributed by atoms with Gasteiger partial charge in [-0.3, -0.25) is 4.79 Å². The minimum atomic E-state index is -0.204. The third kappa shape index (κ3) is 3.81. The molecule has 28 heavy (non-hydrogen) atoms. The zero-order valence-corrected chi connectivity index (χ0v) is 16.9. The van der Waals surface area contributed by atoms with Gasteiger partial charge in [-0.05, 0) is 54.8 Å². The van der Waals surface area contributed by atoms with Gasteiger partial charge in [-0.15, -0.1) is 0 Å². The van der Waals surface area contributed by atoms with Gasteiger partial charge >= 0.3 is 0 Å². The Labute approximate surface area is 177 Å². The molecule has 1 aromatic heterocycles. The first kappa shape index (κ1) is 19.1. The summed E-state index contributed by atoms with van der Waals surface area (Å²) >= 11 is 18.4. The molecule has 0 unspecified atom stereocenters. The number of benzene rings is 2. The third-order valence-corrected chi connectivity index (χ3v) is 5.30. The van der Waals surface area contributed by atoms with Crippen molar-refractivity contribution >= 4 is 46.4 Å². The van der Waals surface area contributed by atoms with Crippen LogP contribution in [-0.2, 0) is 6.42 Å². The maximum absolute atomic E-state index is 13.3. The van der Waals surface area contributed by atoms with Crippen molar-refractivity contribution in [2.45, 2.75) is 12.8 Å². The number of amides is 1. The summed E-state index contributed by atoms with van der Waals surface area (Å²) in [7, 11) is 0. The number of fused-ring (bicyclic) bond motifs is 1. The van der Waals surface area contributed by atoms with Gasteiger partial charge in [-0.25, -0.2) is 4.98 Å². The van der Waals surface area contributed by atoms with Crippen molar-refractivity contribution in [1.29, 1.82) is 0 Å². The predicted molar refractivity (Wildman–Crippen MR) is 112 cm³/mol. The molecule has 0 saturated heterocycles. The lowest BCUT2D eigenvalue weighted by Crippen LogP contribution is -2.35. The van der Waals surface area contributed by atoms with E-state index in [2.05, 4.69) is 4.98 Å². The zero-order chi connectivity index (χ0) is 19.7. The smallest absolute Gasteiger partial charge is 0.263 e. The summed E-state index contributed by atoms with van der Waals surface area (Å²) in [6.45, 7) is 0.596. The summed E-state index contributed by atoms with van der Waals surface area (Å²) in [6, 6.07) is 13.9. The van der Waals surface area contributed by atoms with Gasteiger partial charge in [0.25, 0.3) is 5.91 Å². The number of rotatable bonds is 3. The summed E-state index contributed by atoms with van der Waals surface area (Å²) in [5.74, 6) is 0.305. The van der Waals surface area contributed by atoms with Gasteiger partial charge in [-0.2, -0.15) is 0 Å². The first-order valence-corrected chi connectivity index (χ1v) is 9.84. The highest BCUT2D eigenvalue weighted by molar-refractivity contribution is 6.34. The molecule has 1 aliphatic rings. The monoisotopic (exact) mass is 432 g/mol. The van der Waals surface area contributed by atoms with Crippen LogP contribution in [0.4, 0.5) is 5.69 Å². The molecule has 0 saturated carbocycles. The predicted octanol–water partition coefficient (Wildman–Crippen LogP) is 6.43. The molecular formula is C21H15Cl3N2O2. The molecule has 2 aromatic carbocycles. The van der Waals surface area contributed by atoms with Crippen LogP contribution >= 0.6 is 34.8 Å². The standard InChI is InChI=1S/C21H15Cl3N2O2/c22-14-6-5-13-3-2-10-26(18(13)11-14)21(27)16-4-1-9-25-20(16)28-19-12-15(23)7-8-17(19)24/h1,4-9,11-12H,2-3,10H2. The van der Waals surface area contributed by atoms with Crippen molar-refractivity contribution < 1.29 is 9.53 Å². The summed E-state index contributed by atoms with van der Waals surface area (Å²) in [4.78, 5) is 19.3. The van der Waals surface area contributed by atoms with E-state index >= 15 is 0 Å². The second-order valence-electron chi connectivity index (χ2n) is 6.37. The van der Waals surface area contributed by atoms with Crippen molar-refractivity contribution in [3.63, 3.8) is 0 Å². The molecule has 0 spiro atoms. The lowest BCUT2D eigenvalue weighted by Gasteiger charge is -2.30.